The summed E-state index contributed by atoms with van der Waals surface area (Å²) < 4.78 is 10.9. The summed E-state index contributed by atoms with van der Waals surface area (Å²) >= 11 is 0. The third kappa shape index (κ3) is 2.39. The van der Waals surface area contributed by atoms with Gasteiger partial charge in [0, 0.05) is 5.56 Å². The Bertz CT molecular complexity index is 791. The predicted octanol–water partition coefficient (Wildman–Crippen LogP) is 6.68. The van der Waals surface area contributed by atoms with Crippen molar-refractivity contribution >= 4 is 0 Å². The molecule has 1 heterocycles. The first-order valence-electron chi connectivity index (χ1n) is 11.6. The highest BCUT2D eigenvalue weighted by Gasteiger charge is 2.60. The molecule has 4 saturated carbocycles. The van der Waals surface area contributed by atoms with Crippen molar-refractivity contribution in [2.24, 2.45) is 34.5 Å². The zero-order chi connectivity index (χ0) is 19.5. The maximum atomic E-state index is 9.72. The van der Waals surface area contributed by atoms with Crippen LogP contribution in [0.25, 0.3) is 0 Å². The molecule has 1 aromatic heterocycles. The summed E-state index contributed by atoms with van der Waals surface area (Å²) in [5.74, 6) is 4.45. The smallest absolute Gasteiger partial charge is 0.302 e. The van der Waals surface area contributed by atoms with Crippen molar-refractivity contribution < 1.29 is 9.15 Å². The van der Waals surface area contributed by atoms with Gasteiger partial charge in [0.25, 0.3) is 0 Å². The number of hydrogen-bond acceptors (Lipinski definition) is 3. The summed E-state index contributed by atoms with van der Waals surface area (Å²) in [6.07, 6.45) is 15.8. The average Bonchev–Trinajstić information content (AvgIpc) is 3.26. The molecule has 4 fully saturated rings. The molecule has 0 amide bonds. The standard InChI is InChI=1S/C25H35NO2/c1-24-12-5-4-6-16(24)7-8-17-20-9-10-21(25(20,2)13-11-22(17)24)19-15-28-23(27-3)18(19)14-26/h15-17,20-22H,4-13H2,1-3H3/t16-,17-,20+,21+,22-,24-,25-/m0/s1. The van der Waals surface area contributed by atoms with Crippen molar-refractivity contribution in [1.82, 2.24) is 0 Å². The number of hydrogen-bond donors (Lipinski definition) is 0. The molecule has 0 N–H and O–H groups in total. The van der Waals surface area contributed by atoms with Gasteiger partial charge in [0.2, 0.25) is 0 Å². The van der Waals surface area contributed by atoms with Gasteiger partial charge in [-0.1, -0.05) is 26.7 Å². The minimum absolute atomic E-state index is 0.305. The van der Waals surface area contributed by atoms with Gasteiger partial charge in [0.15, 0.2) is 0 Å². The van der Waals surface area contributed by atoms with Gasteiger partial charge in [-0.15, -0.1) is 0 Å². The Morgan fingerprint density at radius 3 is 2.61 bits per heavy atom. The lowest BCUT2D eigenvalue weighted by Gasteiger charge is -2.60. The number of ether oxygens (including phenoxy) is 1. The van der Waals surface area contributed by atoms with Gasteiger partial charge in [-0.2, -0.15) is 5.26 Å². The van der Waals surface area contributed by atoms with E-state index in [1.807, 2.05) is 6.26 Å². The molecule has 0 bridgehead atoms. The maximum absolute atomic E-state index is 9.72. The van der Waals surface area contributed by atoms with Crippen LogP contribution in [-0.4, -0.2) is 7.11 Å². The molecule has 4 aliphatic rings. The Labute approximate surface area is 169 Å². The fourth-order valence-corrected chi connectivity index (χ4v) is 8.68. The first kappa shape index (κ1) is 18.6. The zero-order valence-electron chi connectivity index (χ0n) is 17.8. The van der Waals surface area contributed by atoms with Crippen LogP contribution in [0.1, 0.15) is 95.1 Å². The molecule has 28 heavy (non-hydrogen) atoms. The van der Waals surface area contributed by atoms with Gasteiger partial charge in [-0.25, -0.2) is 0 Å². The van der Waals surface area contributed by atoms with Crippen LogP contribution >= 0.6 is 0 Å². The molecule has 3 nitrogen and oxygen atoms in total. The van der Waals surface area contributed by atoms with Crippen molar-refractivity contribution in [2.75, 3.05) is 7.11 Å². The van der Waals surface area contributed by atoms with Crippen molar-refractivity contribution in [3.05, 3.63) is 17.4 Å². The minimum atomic E-state index is 0.305. The third-order valence-electron chi connectivity index (χ3n) is 10.0. The fraction of sp³-hybridized carbons (Fsp3) is 0.800. The molecule has 4 aliphatic carbocycles. The second-order valence-corrected chi connectivity index (χ2v) is 10.7. The molecule has 1 aromatic rings. The molecule has 0 aromatic carbocycles. The van der Waals surface area contributed by atoms with Crippen LogP contribution in [0, 0.1) is 45.8 Å². The summed E-state index contributed by atoms with van der Waals surface area (Å²) in [4.78, 5) is 0. The number of nitrogens with zero attached hydrogens (tertiary/aromatic N) is 1. The molecule has 0 spiro atoms. The molecule has 0 saturated heterocycles. The summed E-state index contributed by atoms with van der Waals surface area (Å²) in [6, 6.07) is 2.37. The molecular weight excluding hydrogens is 346 g/mol. The van der Waals surface area contributed by atoms with Crippen LogP contribution in [0.2, 0.25) is 0 Å². The van der Waals surface area contributed by atoms with Crippen LogP contribution in [0.4, 0.5) is 0 Å². The van der Waals surface area contributed by atoms with Gasteiger partial charge in [-0.05, 0) is 91.8 Å². The molecular formula is C25H35NO2. The van der Waals surface area contributed by atoms with Gasteiger partial charge >= 0.3 is 5.95 Å². The first-order valence-corrected chi connectivity index (χ1v) is 11.6. The predicted molar refractivity (Wildman–Crippen MR) is 109 cm³/mol. The second-order valence-electron chi connectivity index (χ2n) is 10.7. The highest BCUT2D eigenvalue weighted by atomic mass is 16.6. The van der Waals surface area contributed by atoms with Gasteiger partial charge in [0.05, 0.1) is 13.4 Å². The van der Waals surface area contributed by atoms with E-state index in [1.165, 1.54) is 64.2 Å². The fourth-order valence-electron chi connectivity index (χ4n) is 8.68. The molecule has 152 valence electrons. The summed E-state index contributed by atoms with van der Waals surface area (Å²) in [5.41, 5.74) is 2.65. The van der Waals surface area contributed by atoms with E-state index in [0.717, 1.165) is 29.2 Å². The van der Waals surface area contributed by atoms with Crippen LogP contribution in [0.3, 0.4) is 0 Å². The summed E-state index contributed by atoms with van der Waals surface area (Å²) in [5, 5.41) is 9.72. The first-order chi connectivity index (χ1) is 13.5. The van der Waals surface area contributed by atoms with E-state index >= 15 is 0 Å². The van der Waals surface area contributed by atoms with Crippen molar-refractivity contribution in [3.8, 4) is 12.0 Å². The Kier molecular flexibility index (Phi) is 4.34. The van der Waals surface area contributed by atoms with Crippen molar-refractivity contribution in [1.29, 1.82) is 5.26 Å². The Hall–Kier alpha value is -1.43. The number of fused-ring (bicyclic) bond motifs is 5. The van der Waals surface area contributed by atoms with E-state index in [4.69, 9.17) is 9.15 Å². The molecule has 0 radical (unpaired) electrons. The average molecular weight is 382 g/mol. The van der Waals surface area contributed by atoms with E-state index in [9.17, 15) is 5.26 Å². The number of rotatable bonds is 2. The molecule has 0 aliphatic heterocycles. The largest absolute Gasteiger partial charge is 0.468 e. The van der Waals surface area contributed by atoms with Crippen molar-refractivity contribution in [3.63, 3.8) is 0 Å². The van der Waals surface area contributed by atoms with Gasteiger partial charge in [-0.3, -0.25) is 0 Å². The zero-order valence-corrected chi connectivity index (χ0v) is 17.8. The number of nitriles is 1. The van der Waals surface area contributed by atoms with Gasteiger partial charge in [0.1, 0.15) is 11.6 Å². The molecule has 7 atom stereocenters. The minimum Gasteiger partial charge on any atom is -0.468 e. The maximum Gasteiger partial charge on any atom is 0.302 e. The van der Waals surface area contributed by atoms with Crippen LogP contribution in [0.15, 0.2) is 10.7 Å². The third-order valence-corrected chi connectivity index (χ3v) is 10.0. The Morgan fingerprint density at radius 2 is 1.82 bits per heavy atom. The topological polar surface area (TPSA) is 46.2 Å². The van der Waals surface area contributed by atoms with E-state index in [-0.39, 0.29) is 0 Å². The van der Waals surface area contributed by atoms with E-state index < -0.39 is 0 Å². The molecule has 5 rings (SSSR count). The second kappa shape index (κ2) is 6.54. The highest BCUT2D eigenvalue weighted by molar-refractivity contribution is 5.46. The quantitative estimate of drug-likeness (QED) is 0.574. The van der Waals surface area contributed by atoms with E-state index in [2.05, 4.69) is 19.9 Å². The van der Waals surface area contributed by atoms with Crippen molar-refractivity contribution in [2.45, 2.75) is 84.0 Å². The van der Waals surface area contributed by atoms with E-state index in [0.29, 0.717) is 28.3 Å². The lowest BCUT2D eigenvalue weighted by Crippen LogP contribution is -2.52. The van der Waals surface area contributed by atoms with Crippen LogP contribution < -0.4 is 4.74 Å². The number of furan rings is 1. The van der Waals surface area contributed by atoms with E-state index in [1.54, 1.807) is 7.11 Å². The molecule has 0 unspecified atom stereocenters. The Balaban J connectivity index is 1.46. The van der Waals surface area contributed by atoms with Crippen LogP contribution in [0.5, 0.6) is 5.95 Å². The number of methoxy groups -OCH3 is 1. The van der Waals surface area contributed by atoms with Gasteiger partial charge < -0.3 is 9.15 Å². The summed E-state index contributed by atoms with van der Waals surface area (Å²) in [6.45, 7) is 5.18. The lowest BCUT2D eigenvalue weighted by molar-refractivity contribution is -0.106. The lowest BCUT2D eigenvalue weighted by atomic mass is 9.44. The highest BCUT2D eigenvalue weighted by Crippen LogP contribution is 2.69. The summed E-state index contributed by atoms with van der Waals surface area (Å²) in [7, 11) is 1.59. The SMILES string of the molecule is COc1occ([C@H]2CC[C@@H]3[C@@H]4CC[C@@H]5CCCC[C@]5(C)[C@H]4CC[C@]23C)c1C#N. The Morgan fingerprint density at radius 1 is 1.00 bits per heavy atom. The molecule has 3 heteroatoms. The normalized spacial score (nSPS) is 44.9. The monoisotopic (exact) mass is 381 g/mol. The van der Waals surface area contributed by atoms with Crippen LogP contribution in [-0.2, 0) is 0 Å².